The van der Waals surface area contributed by atoms with Gasteiger partial charge in [0.15, 0.2) is 0 Å². The highest BCUT2D eigenvalue weighted by molar-refractivity contribution is 5.92. The lowest BCUT2D eigenvalue weighted by Crippen LogP contribution is -2.52. The summed E-state index contributed by atoms with van der Waals surface area (Å²) in [7, 11) is 5.01. The molecule has 3 heterocycles. The molecule has 5 rings (SSSR count). The van der Waals surface area contributed by atoms with E-state index in [2.05, 4.69) is 4.98 Å². The smallest absolute Gasteiger partial charge is 0.331 e. The molecule has 0 radical (unpaired) electrons. The van der Waals surface area contributed by atoms with Crippen molar-refractivity contribution < 1.29 is 14.3 Å². The number of amides is 2. The van der Waals surface area contributed by atoms with Crippen LogP contribution in [-0.4, -0.2) is 73.6 Å². The molecule has 1 aromatic carbocycles. The van der Waals surface area contributed by atoms with Crippen LogP contribution in [0.2, 0.25) is 0 Å². The third kappa shape index (κ3) is 4.72. The summed E-state index contributed by atoms with van der Waals surface area (Å²) in [6, 6.07) is 5.14. The van der Waals surface area contributed by atoms with E-state index in [1.54, 1.807) is 61.4 Å². The monoisotopic (exact) mass is 522 g/mol. The molecule has 202 valence electrons. The molecule has 0 bridgehead atoms. The van der Waals surface area contributed by atoms with Crippen LogP contribution >= 0.6 is 0 Å². The predicted octanol–water partition coefficient (Wildman–Crippen LogP) is 1.23. The van der Waals surface area contributed by atoms with Gasteiger partial charge in [-0.05, 0) is 49.8 Å². The first-order chi connectivity index (χ1) is 18.3. The van der Waals surface area contributed by atoms with Crippen LogP contribution in [0, 0.1) is 11.8 Å². The molecule has 11 nitrogen and oxygen atoms in total. The number of aryl methyl sites for hydroxylation is 2. The minimum Gasteiger partial charge on any atom is -0.497 e. The average molecular weight is 523 g/mol. The molecule has 0 unspecified atom stereocenters. The molecule has 1 saturated heterocycles. The zero-order chi connectivity index (χ0) is 27.0. The maximum absolute atomic E-state index is 13.2. The Bertz CT molecular complexity index is 1470. The summed E-state index contributed by atoms with van der Waals surface area (Å²) >= 11 is 0. The topological polar surface area (TPSA) is 112 Å². The van der Waals surface area contributed by atoms with E-state index in [4.69, 9.17) is 4.74 Å². The van der Waals surface area contributed by atoms with Gasteiger partial charge in [-0.3, -0.25) is 23.5 Å². The van der Waals surface area contributed by atoms with E-state index >= 15 is 0 Å². The van der Waals surface area contributed by atoms with Crippen molar-refractivity contribution in [2.45, 2.75) is 32.2 Å². The van der Waals surface area contributed by atoms with Crippen molar-refractivity contribution in [1.82, 2.24) is 28.5 Å². The normalized spacial score (nSPS) is 20.1. The van der Waals surface area contributed by atoms with Crippen molar-refractivity contribution in [3.63, 3.8) is 0 Å². The van der Waals surface area contributed by atoms with E-state index in [0.29, 0.717) is 55.1 Å². The Labute approximate surface area is 220 Å². The second kappa shape index (κ2) is 10.5. The van der Waals surface area contributed by atoms with Gasteiger partial charge in [0, 0.05) is 52.7 Å². The number of imidazole rings is 1. The van der Waals surface area contributed by atoms with Gasteiger partial charge in [0.05, 0.1) is 30.5 Å². The zero-order valence-corrected chi connectivity index (χ0v) is 22.1. The lowest BCUT2D eigenvalue weighted by Gasteiger charge is -2.38. The first-order valence-corrected chi connectivity index (χ1v) is 13.1. The van der Waals surface area contributed by atoms with Crippen molar-refractivity contribution in [1.29, 1.82) is 0 Å². The summed E-state index contributed by atoms with van der Waals surface area (Å²) in [6.45, 7) is 2.39. The summed E-state index contributed by atoms with van der Waals surface area (Å²) in [5.41, 5.74) is 0.485. The fourth-order valence-electron chi connectivity index (χ4n) is 5.75. The molecule has 1 aliphatic heterocycles. The Morgan fingerprint density at radius 2 is 1.68 bits per heavy atom. The largest absolute Gasteiger partial charge is 0.497 e. The summed E-state index contributed by atoms with van der Waals surface area (Å²) in [5.74, 6) is 0.737. The Balaban J connectivity index is 1.19. The van der Waals surface area contributed by atoms with Crippen LogP contribution in [0.15, 0.2) is 40.3 Å². The number of ether oxygens (including phenoxy) is 1. The maximum atomic E-state index is 13.2. The highest BCUT2D eigenvalue weighted by atomic mass is 16.5. The molecule has 2 fully saturated rings. The fourth-order valence-corrected chi connectivity index (χ4v) is 5.75. The van der Waals surface area contributed by atoms with Crippen LogP contribution < -0.4 is 16.0 Å². The zero-order valence-electron chi connectivity index (χ0n) is 22.1. The molecule has 0 N–H and O–H groups in total. The van der Waals surface area contributed by atoms with Gasteiger partial charge in [0.2, 0.25) is 5.91 Å². The molecule has 2 aromatic heterocycles. The van der Waals surface area contributed by atoms with Gasteiger partial charge in [0.25, 0.3) is 11.5 Å². The van der Waals surface area contributed by atoms with Crippen LogP contribution in [0.5, 0.6) is 5.75 Å². The third-order valence-electron chi connectivity index (χ3n) is 8.11. The molecular formula is C27H34N6O5. The minimum absolute atomic E-state index is 0.0638. The summed E-state index contributed by atoms with van der Waals surface area (Å²) < 4.78 is 9.80. The second-order valence-electron chi connectivity index (χ2n) is 10.4. The summed E-state index contributed by atoms with van der Waals surface area (Å²) in [4.78, 5) is 59.8. The molecule has 2 aliphatic rings. The van der Waals surface area contributed by atoms with Crippen LogP contribution in [0.4, 0.5) is 0 Å². The van der Waals surface area contributed by atoms with E-state index in [9.17, 15) is 19.2 Å². The highest BCUT2D eigenvalue weighted by Crippen LogP contribution is 2.31. The van der Waals surface area contributed by atoms with E-state index in [0.717, 1.165) is 25.7 Å². The van der Waals surface area contributed by atoms with Crippen molar-refractivity contribution in [2.24, 2.45) is 25.9 Å². The molecule has 0 atom stereocenters. The van der Waals surface area contributed by atoms with Crippen molar-refractivity contribution in [2.75, 3.05) is 33.3 Å². The first-order valence-electron chi connectivity index (χ1n) is 13.1. The van der Waals surface area contributed by atoms with Crippen LogP contribution in [-0.2, 0) is 25.4 Å². The number of nitrogens with zero attached hydrogens (tertiary/aromatic N) is 6. The molecule has 2 amide bonds. The van der Waals surface area contributed by atoms with E-state index in [1.807, 2.05) is 4.90 Å². The molecule has 11 heteroatoms. The van der Waals surface area contributed by atoms with Crippen LogP contribution in [0.3, 0.4) is 0 Å². The molecule has 0 spiro atoms. The maximum Gasteiger partial charge on any atom is 0.331 e. The van der Waals surface area contributed by atoms with Crippen molar-refractivity contribution in [3.05, 3.63) is 57.3 Å². The van der Waals surface area contributed by atoms with Gasteiger partial charge in [-0.15, -0.1) is 0 Å². The quantitative estimate of drug-likeness (QED) is 0.498. The molecule has 38 heavy (non-hydrogen) atoms. The summed E-state index contributed by atoms with van der Waals surface area (Å²) in [6.07, 6.45) is 6.19. The number of methoxy groups -OCH3 is 1. The first kappa shape index (κ1) is 25.7. The number of piperazine rings is 1. The third-order valence-corrected chi connectivity index (χ3v) is 8.11. The minimum atomic E-state index is -0.329. The van der Waals surface area contributed by atoms with Gasteiger partial charge in [-0.1, -0.05) is 0 Å². The van der Waals surface area contributed by atoms with Gasteiger partial charge in [-0.2, -0.15) is 0 Å². The molecule has 3 aromatic rings. The van der Waals surface area contributed by atoms with Gasteiger partial charge >= 0.3 is 5.69 Å². The highest BCUT2D eigenvalue weighted by Gasteiger charge is 2.33. The lowest BCUT2D eigenvalue weighted by molar-refractivity contribution is -0.138. The number of rotatable bonds is 5. The van der Waals surface area contributed by atoms with Gasteiger partial charge < -0.3 is 19.1 Å². The number of carbonyl (C=O) groups excluding carboxylic acids is 2. The van der Waals surface area contributed by atoms with Gasteiger partial charge in [-0.25, -0.2) is 9.78 Å². The second-order valence-corrected chi connectivity index (χ2v) is 10.4. The van der Waals surface area contributed by atoms with E-state index in [1.165, 1.54) is 9.13 Å². The molecule has 1 saturated carbocycles. The number of hydrogen-bond acceptors (Lipinski definition) is 6. The Kier molecular flexibility index (Phi) is 7.09. The van der Waals surface area contributed by atoms with E-state index in [-0.39, 0.29) is 34.9 Å². The average Bonchev–Trinajstić information content (AvgIpc) is 3.39. The Hall–Kier alpha value is -3.89. The van der Waals surface area contributed by atoms with E-state index < -0.39 is 0 Å². The number of carbonyl (C=O) groups is 2. The summed E-state index contributed by atoms with van der Waals surface area (Å²) in [5, 5.41) is 0.455. The SMILES string of the molecule is COc1ccc2c(c1)c(=O)n(C[C@H]1CC[C@H](C(=O)N3CCN(C(=O)c4cncn4C)CC3)CC1)c(=O)n2C. The van der Waals surface area contributed by atoms with Gasteiger partial charge in [0.1, 0.15) is 11.4 Å². The predicted molar refractivity (Wildman–Crippen MR) is 141 cm³/mol. The Morgan fingerprint density at radius 3 is 2.32 bits per heavy atom. The number of hydrogen-bond donors (Lipinski definition) is 0. The fraction of sp³-hybridized carbons (Fsp3) is 0.519. The van der Waals surface area contributed by atoms with Crippen LogP contribution in [0.1, 0.15) is 36.2 Å². The molecular weight excluding hydrogens is 488 g/mol. The van der Waals surface area contributed by atoms with Crippen LogP contribution in [0.25, 0.3) is 10.9 Å². The standard InChI is InChI=1S/C27H34N6O5/c1-29-17-28-15-23(29)26(36)32-12-10-31(11-13-32)24(34)19-6-4-18(5-7-19)16-33-25(35)21-14-20(38-3)8-9-22(21)30(2)27(33)37/h8-9,14-15,17-19H,4-7,10-13,16H2,1-3H3/t18-,19-. The molecule has 1 aliphatic carbocycles. The number of fused-ring (bicyclic) bond motifs is 1. The number of benzene rings is 1. The number of aromatic nitrogens is 4. The lowest BCUT2D eigenvalue weighted by atomic mass is 9.81. The Morgan fingerprint density at radius 1 is 1.00 bits per heavy atom. The van der Waals surface area contributed by atoms with Crippen molar-refractivity contribution in [3.8, 4) is 5.75 Å². The van der Waals surface area contributed by atoms with Crippen molar-refractivity contribution >= 4 is 22.7 Å².